The van der Waals surface area contributed by atoms with Gasteiger partial charge in [0.1, 0.15) is 17.3 Å². The van der Waals surface area contributed by atoms with Crippen LogP contribution in [0.25, 0.3) is 11.1 Å². The highest BCUT2D eigenvalue weighted by Crippen LogP contribution is 2.42. The molecular weight excluding hydrogens is 384 g/mol. The number of allylic oxidation sites excluding steroid dienone is 1. The Kier molecular flexibility index (Phi) is 6.96. The highest BCUT2D eigenvalue weighted by atomic mass is 16.5. The van der Waals surface area contributed by atoms with Gasteiger partial charge in [0.05, 0.1) is 14.2 Å². The van der Waals surface area contributed by atoms with Crippen LogP contribution in [0.2, 0.25) is 0 Å². The molecule has 0 aliphatic carbocycles. The molecule has 0 aliphatic heterocycles. The highest BCUT2D eigenvalue weighted by Gasteiger charge is 2.26. The van der Waals surface area contributed by atoms with Crippen molar-refractivity contribution in [1.29, 1.82) is 0 Å². The molecule has 3 nitrogen and oxygen atoms in total. The first-order valence-corrected chi connectivity index (χ1v) is 10.5. The van der Waals surface area contributed by atoms with Gasteiger partial charge in [0, 0.05) is 28.5 Å². The summed E-state index contributed by atoms with van der Waals surface area (Å²) in [6.07, 6.45) is 0.305. The van der Waals surface area contributed by atoms with E-state index in [-0.39, 0.29) is 5.78 Å². The van der Waals surface area contributed by atoms with Crippen molar-refractivity contribution >= 4 is 16.9 Å². The number of Topliss-reactive ketones (excluding diaryl/α,β-unsaturated/α-hetero) is 1. The zero-order valence-corrected chi connectivity index (χ0v) is 18.9. The molecule has 3 aromatic rings. The lowest BCUT2D eigenvalue weighted by molar-refractivity contribution is -0.125. The van der Waals surface area contributed by atoms with Crippen molar-refractivity contribution in [3.05, 3.63) is 95.6 Å². The van der Waals surface area contributed by atoms with Gasteiger partial charge in [-0.05, 0) is 23.3 Å². The van der Waals surface area contributed by atoms with Crippen LogP contribution in [0, 0.1) is 5.41 Å². The fourth-order valence-electron chi connectivity index (χ4n) is 3.57. The van der Waals surface area contributed by atoms with E-state index in [9.17, 15) is 4.79 Å². The molecule has 31 heavy (non-hydrogen) atoms. The third-order valence-electron chi connectivity index (χ3n) is 5.35. The van der Waals surface area contributed by atoms with Crippen LogP contribution in [0.5, 0.6) is 11.5 Å². The number of ether oxygens (including phenoxy) is 2. The van der Waals surface area contributed by atoms with Crippen molar-refractivity contribution < 1.29 is 14.3 Å². The minimum atomic E-state index is -0.452. The maximum atomic E-state index is 13.2. The first-order valence-electron chi connectivity index (χ1n) is 10.5. The van der Waals surface area contributed by atoms with E-state index in [1.807, 2.05) is 87.5 Å². The van der Waals surface area contributed by atoms with Crippen LogP contribution in [0.15, 0.2) is 78.9 Å². The summed E-state index contributed by atoms with van der Waals surface area (Å²) in [5.41, 5.74) is 4.30. The zero-order valence-electron chi connectivity index (χ0n) is 18.9. The number of carbonyl (C=O) groups excluding carboxylic acids is 1. The maximum absolute atomic E-state index is 13.2. The first-order chi connectivity index (χ1) is 14.9. The molecule has 0 N–H and O–H groups in total. The lowest BCUT2D eigenvalue weighted by Crippen LogP contribution is -2.20. The lowest BCUT2D eigenvalue weighted by Gasteiger charge is -2.23. The zero-order chi connectivity index (χ0) is 22.4. The van der Waals surface area contributed by atoms with Gasteiger partial charge >= 0.3 is 0 Å². The van der Waals surface area contributed by atoms with Gasteiger partial charge < -0.3 is 9.47 Å². The van der Waals surface area contributed by atoms with E-state index in [4.69, 9.17) is 9.47 Å². The second-order valence-electron chi connectivity index (χ2n) is 8.47. The number of benzene rings is 3. The van der Waals surface area contributed by atoms with Gasteiger partial charge in [0.2, 0.25) is 0 Å². The molecule has 0 aliphatic rings. The molecule has 0 saturated carbocycles. The number of hydrogen-bond acceptors (Lipinski definition) is 3. The number of hydrogen-bond donors (Lipinski definition) is 0. The fourth-order valence-corrected chi connectivity index (χ4v) is 3.57. The molecule has 0 fully saturated rings. The molecule has 160 valence electrons. The molecular formula is C28H30O3. The van der Waals surface area contributed by atoms with Crippen LogP contribution in [-0.4, -0.2) is 20.0 Å². The van der Waals surface area contributed by atoms with Gasteiger partial charge in [0.25, 0.3) is 0 Å². The molecule has 0 radical (unpaired) electrons. The molecule has 0 unspecified atom stereocenters. The van der Waals surface area contributed by atoms with Gasteiger partial charge in [0.15, 0.2) is 0 Å². The average Bonchev–Trinajstić information content (AvgIpc) is 2.79. The van der Waals surface area contributed by atoms with Crippen LogP contribution in [-0.2, 0) is 4.79 Å². The van der Waals surface area contributed by atoms with Crippen LogP contribution < -0.4 is 9.47 Å². The number of para-hydroxylation sites is 2. The summed E-state index contributed by atoms with van der Waals surface area (Å²) in [7, 11) is 3.34. The van der Waals surface area contributed by atoms with Gasteiger partial charge in [-0.1, -0.05) is 87.5 Å². The number of carbonyl (C=O) groups is 1. The van der Waals surface area contributed by atoms with Crippen molar-refractivity contribution in [3.8, 4) is 11.5 Å². The molecule has 3 rings (SSSR count). The minimum absolute atomic E-state index is 0.175. The standard InChI is InChI=1S/C28H30O3/c1-28(2,3)26(29)19-23(20-13-7-6-8-14-20)27(21-15-9-11-17-24(21)30-4)22-16-10-12-18-25(22)31-5/h6-18H,19H2,1-5H3. The van der Waals surface area contributed by atoms with E-state index < -0.39 is 5.41 Å². The summed E-state index contributed by atoms with van der Waals surface area (Å²) in [6, 6.07) is 25.9. The van der Waals surface area contributed by atoms with Crippen molar-refractivity contribution in [2.24, 2.45) is 5.41 Å². The fraction of sp³-hybridized carbons (Fsp3) is 0.250. The second-order valence-corrected chi connectivity index (χ2v) is 8.47. The third-order valence-corrected chi connectivity index (χ3v) is 5.35. The molecule has 0 spiro atoms. The van der Waals surface area contributed by atoms with Crippen molar-refractivity contribution in [2.45, 2.75) is 27.2 Å². The van der Waals surface area contributed by atoms with Gasteiger partial charge in [-0.2, -0.15) is 0 Å². The van der Waals surface area contributed by atoms with Crippen molar-refractivity contribution in [2.75, 3.05) is 14.2 Å². The van der Waals surface area contributed by atoms with Crippen LogP contribution in [0.4, 0.5) is 0 Å². The van der Waals surface area contributed by atoms with E-state index in [2.05, 4.69) is 12.1 Å². The Bertz CT molecular complexity index is 1020. The Hall–Kier alpha value is -3.33. The Morgan fingerprint density at radius 3 is 1.61 bits per heavy atom. The van der Waals surface area contributed by atoms with E-state index in [0.717, 1.165) is 39.3 Å². The summed E-state index contributed by atoms with van der Waals surface area (Å²) in [5.74, 6) is 1.67. The monoisotopic (exact) mass is 414 g/mol. The van der Waals surface area contributed by atoms with Gasteiger partial charge in [-0.3, -0.25) is 4.79 Å². The first kappa shape index (κ1) is 22.4. The van der Waals surface area contributed by atoms with Crippen LogP contribution in [0.3, 0.4) is 0 Å². The van der Waals surface area contributed by atoms with E-state index in [1.165, 1.54) is 0 Å². The quantitative estimate of drug-likeness (QED) is 0.405. The highest BCUT2D eigenvalue weighted by molar-refractivity contribution is 6.07. The molecule has 0 atom stereocenters. The summed E-state index contributed by atoms with van der Waals surface area (Å²) in [5, 5.41) is 0. The Labute approximate surface area is 185 Å². The number of ketones is 1. The SMILES string of the molecule is COc1ccccc1C(=C(CC(=O)C(C)(C)C)c1ccccc1)c1ccccc1OC. The van der Waals surface area contributed by atoms with E-state index in [1.54, 1.807) is 14.2 Å². The largest absolute Gasteiger partial charge is 0.496 e. The average molecular weight is 415 g/mol. The molecule has 0 bridgehead atoms. The Balaban J connectivity index is 2.42. The Morgan fingerprint density at radius 2 is 1.16 bits per heavy atom. The van der Waals surface area contributed by atoms with Crippen LogP contribution in [0.1, 0.15) is 43.9 Å². The second kappa shape index (κ2) is 9.65. The Morgan fingerprint density at radius 1 is 0.710 bits per heavy atom. The molecule has 3 heteroatoms. The molecule has 0 amide bonds. The van der Waals surface area contributed by atoms with Crippen LogP contribution >= 0.6 is 0 Å². The van der Waals surface area contributed by atoms with Gasteiger partial charge in [-0.15, -0.1) is 0 Å². The normalized spacial score (nSPS) is 11.0. The molecule has 3 aromatic carbocycles. The maximum Gasteiger partial charge on any atom is 0.142 e. The topological polar surface area (TPSA) is 35.5 Å². The number of methoxy groups -OCH3 is 2. The summed E-state index contributed by atoms with van der Waals surface area (Å²) in [6.45, 7) is 5.89. The molecule has 0 saturated heterocycles. The predicted molar refractivity (Wildman–Crippen MR) is 127 cm³/mol. The smallest absolute Gasteiger partial charge is 0.142 e. The minimum Gasteiger partial charge on any atom is -0.496 e. The van der Waals surface area contributed by atoms with E-state index >= 15 is 0 Å². The summed E-state index contributed by atoms with van der Waals surface area (Å²) < 4.78 is 11.4. The van der Waals surface area contributed by atoms with Gasteiger partial charge in [-0.25, -0.2) is 0 Å². The van der Waals surface area contributed by atoms with E-state index in [0.29, 0.717) is 6.42 Å². The molecule has 0 aromatic heterocycles. The van der Waals surface area contributed by atoms with Crippen molar-refractivity contribution in [3.63, 3.8) is 0 Å². The lowest BCUT2D eigenvalue weighted by atomic mass is 9.81. The molecule has 0 heterocycles. The summed E-state index contributed by atoms with van der Waals surface area (Å²) in [4.78, 5) is 13.2. The summed E-state index contributed by atoms with van der Waals surface area (Å²) >= 11 is 0. The predicted octanol–water partition coefficient (Wildman–Crippen LogP) is 6.67. The van der Waals surface area contributed by atoms with Crippen molar-refractivity contribution in [1.82, 2.24) is 0 Å². The third kappa shape index (κ3) is 5.05. The number of rotatable bonds is 7.